The number of amides is 1. The van der Waals surface area contributed by atoms with Crippen molar-refractivity contribution in [2.24, 2.45) is 5.10 Å². The smallest absolute Gasteiger partial charge is 0.277 e. The Labute approximate surface area is 137 Å². The van der Waals surface area contributed by atoms with Crippen molar-refractivity contribution in [1.29, 1.82) is 0 Å². The molecule has 0 bridgehead atoms. The summed E-state index contributed by atoms with van der Waals surface area (Å²) < 4.78 is 11.4. The average molecular weight is 365 g/mol. The van der Waals surface area contributed by atoms with Crippen LogP contribution in [0.5, 0.6) is 5.75 Å². The first-order valence-electron chi connectivity index (χ1n) is 6.85. The van der Waals surface area contributed by atoms with Crippen molar-refractivity contribution in [3.8, 4) is 5.75 Å². The van der Waals surface area contributed by atoms with Crippen LogP contribution in [0.1, 0.15) is 31.1 Å². The lowest BCUT2D eigenvalue weighted by atomic mass is 10.0. The predicted octanol–water partition coefficient (Wildman–Crippen LogP) is 3.69. The van der Waals surface area contributed by atoms with Gasteiger partial charge in [0.25, 0.3) is 5.91 Å². The lowest BCUT2D eigenvalue weighted by molar-refractivity contribution is -0.123. The summed E-state index contributed by atoms with van der Waals surface area (Å²) in [5, 5.41) is 3.81. The summed E-state index contributed by atoms with van der Waals surface area (Å²) in [4.78, 5) is 11.7. The first-order valence-corrected chi connectivity index (χ1v) is 7.64. The average Bonchev–Trinajstić information content (AvgIpc) is 2.91. The Morgan fingerprint density at radius 2 is 2.14 bits per heavy atom. The second-order valence-electron chi connectivity index (χ2n) is 4.92. The molecule has 0 aliphatic rings. The maximum atomic E-state index is 11.7. The van der Waals surface area contributed by atoms with Crippen molar-refractivity contribution in [3.63, 3.8) is 0 Å². The molecule has 1 amide bonds. The quantitative estimate of drug-likeness (QED) is 0.627. The second-order valence-corrected chi connectivity index (χ2v) is 5.70. The van der Waals surface area contributed by atoms with Crippen molar-refractivity contribution in [1.82, 2.24) is 5.43 Å². The zero-order valence-electron chi connectivity index (χ0n) is 12.4. The lowest BCUT2D eigenvalue weighted by Gasteiger charge is -2.12. The third-order valence-corrected chi connectivity index (χ3v) is 3.30. The summed E-state index contributed by atoms with van der Waals surface area (Å²) in [7, 11) is 0. The molecule has 0 spiro atoms. The number of nitrogens with one attached hydrogen (secondary N) is 1. The Morgan fingerprint density at radius 3 is 2.82 bits per heavy atom. The van der Waals surface area contributed by atoms with E-state index < -0.39 is 0 Å². The number of carbonyl (C=O) groups is 1. The molecule has 2 rings (SSSR count). The highest BCUT2D eigenvalue weighted by Crippen LogP contribution is 2.25. The maximum absolute atomic E-state index is 11.7. The summed E-state index contributed by atoms with van der Waals surface area (Å²) in [6, 6.07) is 11.2. The lowest BCUT2D eigenvalue weighted by Crippen LogP contribution is -2.24. The van der Waals surface area contributed by atoms with Crippen LogP contribution in [-0.4, -0.2) is 18.7 Å². The fraction of sp³-hybridized carbons (Fsp3) is 0.250. The summed E-state index contributed by atoms with van der Waals surface area (Å²) in [6.45, 7) is 4.06. The van der Waals surface area contributed by atoms with Gasteiger partial charge in [0.2, 0.25) is 0 Å². The van der Waals surface area contributed by atoms with Gasteiger partial charge in [-0.25, -0.2) is 5.43 Å². The van der Waals surface area contributed by atoms with Gasteiger partial charge in [-0.3, -0.25) is 4.79 Å². The Morgan fingerprint density at radius 1 is 1.36 bits per heavy atom. The molecule has 0 atom stereocenters. The largest absolute Gasteiger partial charge is 0.483 e. The van der Waals surface area contributed by atoms with E-state index in [0.29, 0.717) is 22.1 Å². The predicted molar refractivity (Wildman–Crippen MR) is 88.2 cm³/mol. The van der Waals surface area contributed by atoms with Gasteiger partial charge >= 0.3 is 0 Å². The van der Waals surface area contributed by atoms with E-state index in [9.17, 15) is 4.79 Å². The van der Waals surface area contributed by atoms with Crippen molar-refractivity contribution >= 4 is 28.1 Å². The number of carbonyl (C=O) groups excluding carboxylic acids is 1. The molecule has 1 aromatic carbocycles. The minimum Gasteiger partial charge on any atom is -0.483 e. The summed E-state index contributed by atoms with van der Waals surface area (Å²) in [5.41, 5.74) is 3.46. The number of rotatable bonds is 6. The molecule has 5 nitrogen and oxygen atoms in total. The van der Waals surface area contributed by atoms with Crippen LogP contribution in [0.25, 0.3) is 0 Å². The SMILES string of the molecule is CC(C)c1ccccc1OCC(=O)N/N=C/c1ccc(Br)o1. The molecule has 0 radical (unpaired) electrons. The molecular weight excluding hydrogens is 348 g/mol. The van der Waals surface area contributed by atoms with Crippen LogP contribution < -0.4 is 10.2 Å². The molecule has 1 heterocycles. The minimum absolute atomic E-state index is 0.0943. The number of ether oxygens (including phenoxy) is 1. The van der Waals surface area contributed by atoms with Gasteiger partial charge in [-0.15, -0.1) is 0 Å². The first-order chi connectivity index (χ1) is 10.6. The fourth-order valence-corrected chi connectivity index (χ4v) is 2.15. The molecule has 0 fully saturated rings. The van der Waals surface area contributed by atoms with Gasteiger partial charge in [-0.05, 0) is 45.6 Å². The van der Waals surface area contributed by atoms with Crippen LogP contribution >= 0.6 is 15.9 Å². The molecule has 1 aromatic heterocycles. The van der Waals surface area contributed by atoms with Gasteiger partial charge in [0.15, 0.2) is 11.3 Å². The highest BCUT2D eigenvalue weighted by atomic mass is 79.9. The number of para-hydroxylation sites is 1. The van der Waals surface area contributed by atoms with E-state index in [1.54, 1.807) is 12.1 Å². The number of hydrazone groups is 1. The van der Waals surface area contributed by atoms with Gasteiger partial charge < -0.3 is 9.15 Å². The van der Waals surface area contributed by atoms with Gasteiger partial charge in [0.1, 0.15) is 11.5 Å². The molecule has 0 saturated carbocycles. The molecule has 0 saturated heterocycles. The van der Waals surface area contributed by atoms with Gasteiger partial charge in [0, 0.05) is 0 Å². The third kappa shape index (κ3) is 4.73. The fourth-order valence-electron chi connectivity index (χ4n) is 1.83. The van der Waals surface area contributed by atoms with E-state index in [0.717, 1.165) is 5.56 Å². The number of hydrogen-bond donors (Lipinski definition) is 1. The first kappa shape index (κ1) is 16.3. The third-order valence-electron chi connectivity index (χ3n) is 2.87. The van der Waals surface area contributed by atoms with Gasteiger partial charge in [-0.1, -0.05) is 32.0 Å². The van der Waals surface area contributed by atoms with E-state index in [1.165, 1.54) is 6.21 Å². The van der Waals surface area contributed by atoms with E-state index in [1.807, 2.05) is 24.3 Å². The number of benzene rings is 1. The number of hydrogen-bond acceptors (Lipinski definition) is 4. The van der Waals surface area contributed by atoms with E-state index in [4.69, 9.17) is 9.15 Å². The van der Waals surface area contributed by atoms with Crippen LogP contribution in [0.2, 0.25) is 0 Å². The standard InChI is InChI=1S/C16H17BrN2O3/c1-11(2)13-5-3-4-6-14(13)21-10-16(20)19-18-9-12-7-8-15(17)22-12/h3-9,11H,10H2,1-2H3,(H,19,20)/b18-9+. The van der Waals surface area contributed by atoms with E-state index >= 15 is 0 Å². The van der Waals surface area contributed by atoms with Crippen LogP contribution in [0.15, 0.2) is 50.6 Å². The molecule has 6 heteroatoms. The Hall–Kier alpha value is -2.08. The van der Waals surface area contributed by atoms with Crippen molar-refractivity contribution < 1.29 is 13.9 Å². The zero-order valence-corrected chi connectivity index (χ0v) is 14.0. The highest BCUT2D eigenvalue weighted by molar-refractivity contribution is 9.10. The van der Waals surface area contributed by atoms with Crippen LogP contribution in [0, 0.1) is 0 Å². The Bertz CT molecular complexity index is 665. The minimum atomic E-state index is -0.333. The van der Waals surface area contributed by atoms with Crippen LogP contribution in [-0.2, 0) is 4.79 Å². The monoisotopic (exact) mass is 364 g/mol. The molecule has 2 aromatic rings. The Balaban J connectivity index is 1.84. The Kier molecular flexibility index (Phi) is 5.77. The highest BCUT2D eigenvalue weighted by Gasteiger charge is 2.08. The molecule has 22 heavy (non-hydrogen) atoms. The number of furan rings is 1. The van der Waals surface area contributed by atoms with E-state index in [-0.39, 0.29) is 12.5 Å². The van der Waals surface area contributed by atoms with Crippen molar-refractivity contribution in [3.05, 3.63) is 52.4 Å². The molecule has 0 unspecified atom stereocenters. The van der Waals surface area contributed by atoms with Crippen LogP contribution in [0.3, 0.4) is 0 Å². The maximum Gasteiger partial charge on any atom is 0.277 e. The molecule has 0 aliphatic carbocycles. The summed E-state index contributed by atoms with van der Waals surface area (Å²) >= 11 is 3.19. The van der Waals surface area contributed by atoms with Crippen molar-refractivity contribution in [2.75, 3.05) is 6.61 Å². The summed E-state index contributed by atoms with van der Waals surface area (Å²) in [5.74, 6) is 1.25. The molecule has 0 aliphatic heterocycles. The van der Waals surface area contributed by atoms with Crippen LogP contribution in [0.4, 0.5) is 0 Å². The molecular formula is C16H17BrN2O3. The van der Waals surface area contributed by atoms with Gasteiger partial charge in [-0.2, -0.15) is 5.10 Å². The number of nitrogens with zero attached hydrogens (tertiary/aromatic N) is 1. The normalized spacial score (nSPS) is 11.1. The van der Waals surface area contributed by atoms with E-state index in [2.05, 4.69) is 40.3 Å². The second kappa shape index (κ2) is 7.79. The number of halogens is 1. The van der Waals surface area contributed by atoms with Crippen molar-refractivity contribution in [2.45, 2.75) is 19.8 Å². The molecule has 1 N–H and O–H groups in total. The van der Waals surface area contributed by atoms with Gasteiger partial charge in [0.05, 0.1) is 6.21 Å². The summed E-state index contributed by atoms with van der Waals surface area (Å²) in [6.07, 6.45) is 1.42. The topological polar surface area (TPSA) is 63.8 Å². The molecule has 116 valence electrons. The zero-order chi connectivity index (χ0) is 15.9.